The van der Waals surface area contributed by atoms with Gasteiger partial charge in [-0.15, -0.1) is 0 Å². The smallest absolute Gasteiger partial charge is 0.340 e. The van der Waals surface area contributed by atoms with E-state index < -0.39 is 28.4 Å². The average molecular weight is 255 g/mol. The van der Waals surface area contributed by atoms with Gasteiger partial charge in [-0.1, -0.05) is 17.6 Å². The summed E-state index contributed by atoms with van der Waals surface area (Å²) in [6.45, 7) is -0.452. The second-order valence-electron chi connectivity index (χ2n) is 3.27. The van der Waals surface area contributed by atoms with Crippen LogP contribution in [0.15, 0.2) is 18.2 Å². The molecule has 2 radical (unpaired) electrons. The van der Waals surface area contributed by atoms with Crippen LogP contribution in [0.5, 0.6) is 0 Å². The first-order valence-corrected chi connectivity index (χ1v) is 6.18. The number of nitrogen functional groups attached to an aromatic ring is 1. The van der Waals surface area contributed by atoms with Gasteiger partial charge in [0.1, 0.15) is 20.2 Å². The summed E-state index contributed by atoms with van der Waals surface area (Å²) in [5, 5.41) is 0. The largest absolute Gasteiger partial charge is 0.461 e. The van der Waals surface area contributed by atoms with Gasteiger partial charge in [0.05, 0.1) is 5.56 Å². The fourth-order valence-electron chi connectivity index (χ4n) is 1.07. The highest BCUT2D eigenvalue weighted by atomic mass is 32.2. The van der Waals surface area contributed by atoms with Gasteiger partial charge in [0.15, 0.2) is 0 Å². The van der Waals surface area contributed by atoms with Crippen molar-refractivity contribution in [2.24, 2.45) is 0 Å². The summed E-state index contributed by atoms with van der Waals surface area (Å²) in [6, 6.07) is 4.28. The van der Waals surface area contributed by atoms with E-state index in [-0.39, 0.29) is 11.3 Å². The van der Waals surface area contributed by atoms with Crippen LogP contribution in [0.2, 0.25) is 0 Å². The Hall–Kier alpha value is -1.54. The molecule has 0 saturated heterocycles. The third kappa shape index (κ3) is 4.45. The molecular weight excluding hydrogens is 245 g/mol. The zero-order chi connectivity index (χ0) is 13.1. The van der Waals surface area contributed by atoms with Crippen molar-refractivity contribution in [3.8, 4) is 0 Å². The van der Waals surface area contributed by atoms with Crippen molar-refractivity contribution >= 4 is 35.1 Å². The van der Waals surface area contributed by atoms with Crippen molar-refractivity contribution in [3.63, 3.8) is 0 Å². The number of rotatable bonds is 4. The first kappa shape index (κ1) is 13.5. The Balaban J connectivity index is 2.67. The Morgan fingerprint density at radius 2 is 2.12 bits per heavy atom. The minimum Gasteiger partial charge on any atom is -0.461 e. The number of carbonyl (C=O) groups excluding carboxylic acids is 1. The maximum Gasteiger partial charge on any atom is 0.340 e. The monoisotopic (exact) mass is 255 g/mol. The van der Waals surface area contributed by atoms with Crippen molar-refractivity contribution in [3.05, 3.63) is 23.8 Å². The van der Waals surface area contributed by atoms with Gasteiger partial charge in [-0.25, -0.2) is 4.79 Å². The Bertz CT molecular complexity index is 528. The molecule has 0 aliphatic carbocycles. The van der Waals surface area contributed by atoms with E-state index in [4.69, 9.17) is 18.1 Å². The maximum absolute atomic E-state index is 11.5. The number of carbonyl (C=O) groups is 1. The molecule has 0 aromatic heterocycles. The van der Waals surface area contributed by atoms with E-state index in [0.29, 0.717) is 5.46 Å². The van der Waals surface area contributed by atoms with Gasteiger partial charge < -0.3 is 10.5 Å². The van der Waals surface area contributed by atoms with E-state index in [2.05, 4.69) is 4.74 Å². The molecule has 0 aliphatic heterocycles. The number of ether oxygens (including phenoxy) is 1. The van der Waals surface area contributed by atoms with Crippen LogP contribution < -0.4 is 11.2 Å². The first-order valence-electron chi connectivity index (χ1n) is 4.57. The molecule has 1 rings (SSSR count). The Morgan fingerprint density at radius 3 is 2.71 bits per heavy atom. The van der Waals surface area contributed by atoms with Gasteiger partial charge in [-0.2, -0.15) is 8.42 Å². The molecule has 1 aromatic carbocycles. The molecule has 0 spiro atoms. The van der Waals surface area contributed by atoms with Gasteiger partial charge in [-0.05, 0) is 6.07 Å². The highest BCUT2D eigenvalue weighted by Gasteiger charge is 2.13. The molecule has 0 unspecified atom stereocenters. The summed E-state index contributed by atoms with van der Waals surface area (Å²) in [7, 11) is 1.31. The SMILES string of the molecule is [B]c1ccc(N)c(C(=O)OCCS(=O)(=O)O)c1. The van der Waals surface area contributed by atoms with E-state index in [9.17, 15) is 13.2 Å². The van der Waals surface area contributed by atoms with Crippen molar-refractivity contribution in [1.29, 1.82) is 0 Å². The summed E-state index contributed by atoms with van der Waals surface area (Å²) in [4.78, 5) is 11.5. The quantitative estimate of drug-likeness (QED) is 0.313. The molecule has 0 fully saturated rings. The molecule has 0 atom stereocenters. The molecule has 8 heteroatoms. The highest BCUT2D eigenvalue weighted by Crippen LogP contribution is 2.10. The normalized spacial score (nSPS) is 11.1. The summed E-state index contributed by atoms with van der Waals surface area (Å²) in [5.41, 5.74) is 6.09. The van der Waals surface area contributed by atoms with Crippen molar-refractivity contribution in [2.45, 2.75) is 0 Å². The lowest BCUT2D eigenvalue weighted by atomic mass is 9.94. The van der Waals surface area contributed by atoms with Crippen LogP contribution in [-0.4, -0.2) is 39.1 Å². The minimum atomic E-state index is -4.15. The first-order chi connectivity index (χ1) is 7.79. The number of hydrogen-bond donors (Lipinski definition) is 2. The minimum absolute atomic E-state index is 0.0559. The standard InChI is InChI=1S/C9H10BNO5S/c10-6-1-2-8(11)7(5-6)9(12)16-3-4-17(13,14)15/h1-2,5H,3-4,11H2,(H,13,14,15). The second-order valence-corrected chi connectivity index (χ2v) is 4.84. The van der Waals surface area contributed by atoms with Crippen LogP contribution >= 0.6 is 0 Å². The van der Waals surface area contributed by atoms with Gasteiger partial charge in [-0.3, -0.25) is 4.55 Å². The molecule has 90 valence electrons. The van der Waals surface area contributed by atoms with Crippen molar-refractivity contribution < 1.29 is 22.5 Å². The lowest BCUT2D eigenvalue weighted by molar-refractivity contribution is 0.0529. The zero-order valence-electron chi connectivity index (χ0n) is 8.79. The maximum atomic E-state index is 11.5. The molecule has 0 amide bonds. The molecule has 0 bridgehead atoms. The van der Waals surface area contributed by atoms with Crippen molar-refractivity contribution in [1.82, 2.24) is 0 Å². The Labute approximate surface area is 99.9 Å². The zero-order valence-corrected chi connectivity index (χ0v) is 9.61. The van der Waals surface area contributed by atoms with Crippen LogP contribution in [0.4, 0.5) is 5.69 Å². The van der Waals surface area contributed by atoms with E-state index in [1.54, 1.807) is 0 Å². The number of benzene rings is 1. The van der Waals surface area contributed by atoms with Gasteiger partial charge in [0, 0.05) is 5.69 Å². The van der Waals surface area contributed by atoms with E-state index in [0.717, 1.165) is 0 Å². The Morgan fingerprint density at radius 1 is 1.47 bits per heavy atom. The lowest BCUT2D eigenvalue weighted by Crippen LogP contribution is -2.17. The molecule has 0 aliphatic rings. The van der Waals surface area contributed by atoms with Crippen LogP contribution in [0, 0.1) is 0 Å². The Kier molecular flexibility index (Phi) is 4.14. The third-order valence-electron chi connectivity index (χ3n) is 1.87. The van der Waals surface area contributed by atoms with Crippen LogP contribution in [0.25, 0.3) is 0 Å². The third-order valence-corrected chi connectivity index (χ3v) is 2.55. The summed E-state index contributed by atoms with van der Waals surface area (Å²) in [5.74, 6) is -1.46. The number of nitrogens with two attached hydrogens (primary N) is 1. The molecule has 3 N–H and O–H groups in total. The topological polar surface area (TPSA) is 107 Å². The van der Waals surface area contributed by atoms with Crippen LogP contribution in [-0.2, 0) is 14.9 Å². The van der Waals surface area contributed by atoms with Crippen LogP contribution in [0.3, 0.4) is 0 Å². The van der Waals surface area contributed by atoms with Gasteiger partial charge >= 0.3 is 5.97 Å². The van der Waals surface area contributed by atoms with Gasteiger partial charge in [0.2, 0.25) is 0 Å². The number of anilines is 1. The summed E-state index contributed by atoms with van der Waals surface area (Å²) in [6.07, 6.45) is 0. The van der Waals surface area contributed by atoms with E-state index in [1.165, 1.54) is 18.2 Å². The summed E-state index contributed by atoms with van der Waals surface area (Å²) >= 11 is 0. The molecule has 1 aromatic rings. The van der Waals surface area contributed by atoms with E-state index in [1.807, 2.05) is 0 Å². The second kappa shape index (κ2) is 5.20. The predicted octanol–water partition coefficient (Wildman–Crippen LogP) is -0.893. The lowest BCUT2D eigenvalue weighted by Gasteiger charge is -2.07. The van der Waals surface area contributed by atoms with E-state index >= 15 is 0 Å². The highest BCUT2D eigenvalue weighted by molar-refractivity contribution is 7.85. The number of esters is 1. The van der Waals surface area contributed by atoms with Gasteiger partial charge in [0.25, 0.3) is 10.1 Å². The predicted molar refractivity (Wildman–Crippen MR) is 62.9 cm³/mol. The molecule has 17 heavy (non-hydrogen) atoms. The fourth-order valence-corrected chi connectivity index (χ4v) is 1.36. The summed E-state index contributed by atoms with van der Waals surface area (Å²) < 4.78 is 33.8. The van der Waals surface area contributed by atoms with Crippen molar-refractivity contribution in [2.75, 3.05) is 18.1 Å². The van der Waals surface area contributed by atoms with Crippen LogP contribution in [0.1, 0.15) is 10.4 Å². The molecular formula is C9H10BNO5S. The molecule has 0 heterocycles. The molecule has 0 saturated carbocycles. The average Bonchev–Trinajstić information content (AvgIpc) is 2.19. The number of hydrogen-bond acceptors (Lipinski definition) is 5. The fraction of sp³-hybridized carbons (Fsp3) is 0.222. The molecule has 6 nitrogen and oxygen atoms in total.